The van der Waals surface area contributed by atoms with Crippen LogP contribution in [0.15, 0.2) is 29.2 Å². The highest BCUT2D eigenvalue weighted by Crippen LogP contribution is 2.20. The summed E-state index contributed by atoms with van der Waals surface area (Å²) in [5.74, 6) is 0. The van der Waals surface area contributed by atoms with Crippen molar-refractivity contribution in [3.8, 4) is 0 Å². The summed E-state index contributed by atoms with van der Waals surface area (Å²) in [6.07, 6.45) is 1.12. The molecule has 0 aliphatic carbocycles. The summed E-state index contributed by atoms with van der Waals surface area (Å²) < 4.78 is 22.7. The molecular weight excluding hydrogens is 202 g/mol. The van der Waals surface area contributed by atoms with Crippen molar-refractivity contribution in [1.82, 2.24) is 0 Å². The van der Waals surface area contributed by atoms with Crippen LogP contribution in [0.3, 0.4) is 0 Å². The van der Waals surface area contributed by atoms with E-state index in [1.807, 2.05) is 0 Å². The predicted molar refractivity (Wildman–Crippen MR) is 53.6 cm³/mol. The zero-order valence-corrected chi connectivity index (χ0v) is 8.66. The van der Waals surface area contributed by atoms with Gasteiger partial charge in [-0.1, -0.05) is 18.2 Å². The second-order valence-electron chi connectivity index (χ2n) is 3.10. The van der Waals surface area contributed by atoms with Gasteiger partial charge in [0.25, 0.3) is 0 Å². The molecule has 1 atom stereocenters. The van der Waals surface area contributed by atoms with E-state index >= 15 is 0 Å². The van der Waals surface area contributed by atoms with Gasteiger partial charge < -0.3 is 10.8 Å². The summed E-state index contributed by atoms with van der Waals surface area (Å²) in [6.45, 7) is -0.271. The number of hydrogen-bond donors (Lipinski definition) is 2. The van der Waals surface area contributed by atoms with Crippen molar-refractivity contribution in [2.24, 2.45) is 5.73 Å². The lowest BCUT2D eigenvalue weighted by Crippen LogP contribution is -2.17. The van der Waals surface area contributed by atoms with E-state index in [1.54, 1.807) is 18.2 Å². The fourth-order valence-corrected chi connectivity index (χ4v) is 2.20. The molecule has 1 rings (SSSR count). The van der Waals surface area contributed by atoms with E-state index in [-0.39, 0.29) is 11.5 Å². The van der Waals surface area contributed by atoms with Crippen LogP contribution in [0.1, 0.15) is 11.6 Å². The zero-order chi connectivity index (χ0) is 10.8. The van der Waals surface area contributed by atoms with Crippen molar-refractivity contribution in [2.45, 2.75) is 10.9 Å². The molecule has 0 saturated heterocycles. The lowest BCUT2D eigenvalue weighted by atomic mass is 10.1. The Bertz CT molecular complexity index is 414. The van der Waals surface area contributed by atoms with Crippen LogP contribution in [-0.4, -0.2) is 26.4 Å². The van der Waals surface area contributed by atoms with Crippen LogP contribution in [0.25, 0.3) is 0 Å². The van der Waals surface area contributed by atoms with E-state index in [1.165, 1.54) is 6.07 Å². The average molecular weight is 215 g/mol. The van der Waals surface area contributed by atoms with Crippen LogP contribution in [-0.2, 0) is 9.84 Å². The minimum Gasteiger partial charge on any atom is -0.394 e. The SMILES string of the molecule is CS(=O)(=O)c1ccccc1[C@@H](N)CO. The molecule has 0 aliphatic rings. The molecule has 0 bridgehead atoms. The minimum atomic E-state index is -3.28. The highest BCUT2D eigenvalue weighted by Gasteiger charge is 2.16. The number of nitrogens with two attached hydrogens (primary N) is 1. The largest absolute Gasteiger partial charge is 0.394 e. The maximum atomic E-state index is 11.3. The van der Waals surface area contributed by atoms with Crippen molar-refractivity contribution in [1.29, 1.82) is 0 Å². The van der Waals surface area contributed by atoms with Gasteiger partial charge in [0.1, 0.15) is 0 Å². The topological polar surface area (TPSA) is 80.4 Å². The maximum absolute atomic E-state index is 11.3. The van der Waals surface area contributed by atoms with Crippen molar-refractivity contribution < 1.29 is 13.5 Å². The highest BCUT2D eigenvalue weighted by atomic mass is 32.2. The van der Waals surface area contributed by atoms with Gasteiger partial charge in [0.2, 0.25) is 0 Å². The lowest BCUT2D eigenvalue weighted by Gasteiger charge is -2.12. The molecule has 0 aromatic heterocycles. The standard InChI is InChI=1S/C9H13NO3S/c1-14(12,13)9-5-3-2-4-7(9)8(10)6-11/h2-5,8,11H,6,10H2,1H3/t8-/m0/s1. The molecule has 0 fully saturated rings. The summed E-state index contributed by atoms with van der Waals surface area (Å²) in [7, 11) is -3.28. The number of benzene rings is 1. The Morgan fingerprint density at radius 3 is 2.50 bits per heavy atom. The first-order valence-corrected chi connectivity index (χ1v) is 6.01. The van der Waals surface area contributed by atoms with Crippen molar-refractivity contribution in [3.63, 3.8) is 0 Å². The van der Waals surface area contributed by atoms with Gasteiger partial charge in [-0.3, -0.25) is 0 Å². The van der Waals surface area contributed by atoms with Crippen LogP contribution in [0.4, 0.5) is 0 Å². The van der Waals surface area contributed by atoms with E-state index in [9.17, 15) is 8.42 Å². The fraction of sp³-hybridized carbons (Fsp3) is 0.333. The van der Waals surface area contributed by atoms with Gasteiger partial charge in [0.15, 0.2) is 9.84 Å². The Hall–Kier alpha value is -0.910. The van der Waals surface area contributed by atoms with Gasteiger partial charge in [0, 0.05) is 6.26 Å². The fourth-order valence-electron chi connectivity index (χ4n) is 1.22. The Morgan fingerprint density at radius 2 is 2.00 bits per heavy atom. The van der Waals surface area contributed by atoms with Gasteiger partial charge >= 0.3 is 0 Å². The quantitative estimate of drug-likeness (QED) is 0.748. The third-order valence-electron chi connectivity index (χ3n) is 1.91. The molecule has 3 N–H and O–H groups in total. The van der Waals surface area contributed by atoms with E-state index in [2.05, 4.69) is 0 Å². The lowest BCUT2D eigenvalue weighted by molar-refractivity contribution is 0.266. The Balaban J connectivity index is 3.30. The number of hydrogen-bond acceptors (Lipinski definition) is 4. The smallest absolute Gasteiger partial charge is 0.175 e. The number of aliphatic hydroxyl groups is 1. The molecule has 0 spiro atoms. The van der Waals surface area contributed by atoms with Crippen LogP contribution in [0, 0.1) is 0 Å². The summed E-state index contributed by atoms with van der Waals surface area (Å²) in [5, 5.41) is 8.86. The molecule has 4 nitrogen and oxygen atoms in total. The Morgan fingerprint density at radius 1 is 1.43 bits per heavy atom. The monoisotopic (exact) mass is 215 g/mol. The van der Waals surface area contributed by atoms with E-state index in [0.717, 1.165) is 6.26 Å². The summed E-state index contributed by atoms with van der Waals surface area (Å²) in [4.78, 5) is 0.182. The third kappa shape index (κ3) is 2.31. The third-order valence-corrected chi connectivity index (χ3v) is 3.09. The van der Waals surface area contributed by atoms with Gasteiger partial charge in [-0.05, 0) is 11.6 Å². The first-order valence-electron chi connectivity index (χ1n) is 4.12. The maximum Gasteiger partial charge on any atom is 0.175 e. The predicted octanol–water partition coefficient (Wildman–Crippen LogP) is 0.0822. The average Bonchev–Trinajstić information content (AvgIpc) is 2.15. The first kappa shape index (κ1) is 11.2. The summed E-state index contributed by atoms with van der Waals surface area (Å²) in [6, 6.07) is 5.77. The molecule has 0 unspecified atom stereocenters. The van der Waals surface area contributed by atoms with Crippen LogP contribution in [0.2, 0.25) is 0 Å². The molecular formula is C9H13NO3S. The van der Waals surface area contributed by atoms with Crippen LogP contribution >= 0.6 is 0 Å². The molecule has 1 aromatic rings. The van der Waals surface area contributed by atoms with Crippen molar-refractivity contribution >= 4 is 9.84 Å². The van der Waals surface area contributed by atoms with Gasteiger partial charge in [0.05, 0.1) is 17.5 Å². The van der Waals surface area contributed by atoms with Crippen molar-refractivity contribution in [2.75, 3.05) is 12.9 Å². The second kappa shape index (κ2) is 4.08. The first-order chi connectivity index (χ1) is 6.46. The van der Waals surface area contributed by atoms with E-state index in [0.29, 0.717) is 5.56 Å². The van der Waals surface area contributed by atoms with Crippen LogP contribution < -0.4 is 5.73 Å². The van der Waals surface area contributed by atoms with Gasteiger partial charge in [-0.15, -0.1) is 0 Å². The molecule has 14 heavy (non-hydrogen) atoms. The van der Waals surface area contributed by atoms with Crippen LogP contribution in [0.5, 0.6) is 0 Å². The minimum absolute atomic E-state index is 0.182. The number of aliphatic hydroxyl groups excluding tert-OH is 1. The molecule has 0 heterocycles. The highest BCUT2D eigenvalue weighted by molar-refractivity contribution is 7.90. The number of rotatable bonds is 3. The molecule has 0 amide bonds. The van der Waals surface area contributed by atoms with E-state index in [4.69, 9.17) is 10.8 Å². The normalized spacial score (nSPS) is 13.9. The number of sulfone groups is 1. The Kier molecular flexibility index (Phi) is 3.25. The van der Waals surface area contributed by atoms with Gasteiger partial charge in [-0.25, -0.2) is 8.42 Å². The molecule has 0 saturated carbocycles. The zero-order valence-electron chi connectivity index (χ0n) is 7.84. The second-order valence-corrected chi connectivity index (χ2v) is 5.08. The molecule has 0 aliphatic heterocycles. The van der Waals surface area contributed by atoms with E-state index < -0.39 is 15.9 Å². The van der Waals surface area contributed by atoms with Gasteiger partial charge in [-0.2, -0.15) is 0 Å². The molecule has 1 aromatic carbocycles. The summed E-state index contributed by atoms with van der Waals surface area (Å²) >= 11 is 0. The summed E-state index contributed by atoms with van der Waals surface area (Å²) in [5.41, 5.74) is 6.03. The molecule has 5 heteroatoms. The Labute approximate surface area is 83.3 Å². The van der Waals surface area contributed by atoms with Crippen molar-refractivity contribution in [3.05, 3.63) is 29.8 Å². The molecule has 78 valence electrons. The molecule has 0 radical (unpaired) electrons.